The van der Waals surface area contributed by atoms with Crippen LogP contribution in [0.5, 0.6) is 0 Å². The first-order chi connectivity index (χ1) is 6.80. The van der Waals surface area contributed by atoms with E-state index in [0.29, 0.717) is 6.04 Å². The highest BCUT2D eigenvalue weighted by atomic mass is 32.2. The van der Waals surface area contributed by atoms with Crippen LogP contribution in [0.25, 0.3) is 0 Å². The summed E-state index contributed by atoms with van der Waals surface area (Å²) >= 11 is 1.99. The minimum atomic E-state index is 0.0610. The van der Waals surface area contributed by atoms with Crippen molar-refractivity contribution in [3.63, 3.8) is 0 Å². The van der Waals surface area contributed by atoms with E-state index in [0.717, 1.165) is 11.7 Å². The summed E-state index contributed by atoms with van der Waals surface area (Å²) in [7, 11) is 0. The second-order valence-corrected chi connectivity index (χ2v) is 5.10. The van der Waals surface area contributed by atoms with Crippen molar-refractivity contribution in [2.45, 2.75) is 56.4 Å². The molecule has 1 aliphatic rings. The van der Waals surface area contributed by atoms with Crippen molar-refractivity contribution in [1.82, 2.24) is 5.32 Å². The van der Waals surface area contributed by atoms with Crippen molar-refractivity contribution in [1.29, 1.82) is 5.26 Å². The van der Waals surface area contributed by atoms with E-state index in [4.69, 9.17) is 5.26 Å². The molecule has 1 unspecified atom stereocenters. The van der Waals surface area contributed by atoms with Crippen LogP contribution in [0.1, 0.15) is 39.0 Å². The van der Waals surface area contributed by atoms with Gasteiger partial charge in [-0.3, -0.25) is 5.32 Å². The van der Waals surface area contributed by atoms with Gasteiger partial charge in [-0.2, -0.15) is 17.0 Å². The summed E-state index contributed by atoms with van der Waals surface area (Å²) in [5.74, 6) is 0. The van der Waals surface area contributed by atoms with Gasteiger partial charge in [0.05, 0.1) is 12.1 Å². The molecule has 1 atom stereocenters. The van der Waals surface area contributed by atoms with Crippen molar-refractivity contribution in [2.75, 3.05) is 6.26 Å². The molecule has 0 amide bonds. The van der Waals surface area contributed by atoms with E-state index in [1.54, 1.807) is 0 Å². The molecule has 0 aromatic heterocycles. The topological polar surface area (TPSA) is 35.8 Å². The van der Waals surface area contributed by atoms with Crippen molar-refractivity contribution < 1.29 is 0 Å². The van der Waals surface area contributed by atoms with Gasteiger partial charge in [0.15, 0.2) is 0 Å². The molecule has 0 aromatic rings. The van der Waals surface area contributed by atoms with E-state index in [9.17, 15) is 0 Å². The molecular formula is C11H20N2S. The van der Waals surface area contributed by atoms with Gasteiger partial charge in [-0.1, -0.05) is 6.92 Å². The summed E-state index contributed by atoms with van der Waals surface area (Å²) in [5.41, 5.74) is 0. The fourth-order valence-corrected chi connectivity index (χ4v) is 2.74. The van der Waals surface area contributed by atoms with E-state index in [2.05, 4.69) is 24.6 Å². The fraction of sp³-hybridized carbons (Fsp3) is 0.909. The summed E-state index contributed by atoms with van der Waals surface area (Å²) in [6.45, 7) is 2.06. The lowest BCUT2D eigenvalue weighted by molar-refractivity contribution is 0.360. The van der Waals surface area contributed by atoms with Gasteiger partial charge in [0.2, 0.25) is 0 Å². The molecule has 0 spiro atoms. The van der Waals surface area contributed by atoms with E-state index in [1.807, 2.05) is 11.8 Å². The van der Waals surface area contributed by atoms with E-state index in [-0.39, 0.29) is 6.04 Å². The monoisotopic (exact) mass is 212 g/mol. The van der Waals surface area contributed by atoms with Crippen LogP contribution >= 0.6 is 11.8 Å². The van der Waals surface area contributed by atoms with Crippen molar-refractivity contribution in [3.05, 3.63) is 0 Å². The highest BCUT2D eigenvalue weighted by Gasteiger charge is 2.21. The number of nitrogens with zero attached hydrogens (tertiary/aromatic N) is 1. The van der Waals surface area contributed by atoms with Crippen LogP contribution in [0.4, 0.5) is 0 Å². The first kappa shape index (κ1) is 11.9. The molecule has 0 radical (unpaired) electrons. The maximum Gasteiger partial charge on any atom is 0.0952 e. The second-order valence-electron chi connectivity index (χ2n) is 3.97. The highest BCUT2D eigenvalue weighted by Crippen LogP contribution is 2.27. The summed E-state index contributed by atoms with van der Waals surface area (Å²) in [4.78, 5) is 0. The maximum atomic E-state index is 8.84. The molecule has 1 fully saturated rings. The van der Waals surface area contributed by atoms with Gasteiger partial charge in [-0.15, -0.1) is 0 Å². The maximum absolute atomic E-state index is 8.84. The number of nitrogens with one attached hydrogen (secondary N) is 1. The smallest absolute Gasteiger partial charge is 0.0952 e. The Bertz CT molecular complexity index is 192. The Kier molecular flexibility index (Phi) is 5.36. The van der Waals surface area contributed by atoms with Crippen LogP contribution in [0.3, 0.4) is 0 Å². The Hall–Kier alpha value is -0.200. The predicted molar refractivity (Wildman–Crippen MR) is 62.4 cm³/mol. The molecule has 0 bridgehead atoms. The van der Waals surface area contributed by atoms with Gasteiger partial charge in [0.1, 0.15) is 0 Å². The lowest BCUT2D eigenvalue weighted by atomic mass is 9.94. The van der Waals surface area contributed by atoms with Crippen molar-refractivity contribution in [3.8, 4) is 6.07 Å². The van der Waals surface area contributed by atoms with Crippen LogP contribution in [0.15, 0.2) is 0 Å². The molecule has 3 heteroatoms. The molecule has 0 aromatic carbocycles. The quantitative estimate of drug-likeness (QED) is 0.778. The van der Waals surface area contributed by atoms with Gasteiger partial charge in [-0.25, -0.2) is 0 Å². The SMILES string of the molecule is CCC(C#N)NC1CCC(SC)CC1. The number of thioether (sulfide) groups is 1. The third-order valence-corrected chi connectivity index (χ3v) is 4.15. The normalized spacial score (nSPS) is 29.5. The summed E-state index contributed by atoms with van der Waals surface area (Å²) in [6, 6.07) is 2.95. The molecule has 2 nitrogen and oxygen atoms in total. The summed E-state index contributed by atoms with van der Waals surface area (Å²) in [5, 5.41) is 13.1. The van der Waals surface area contributed by atoms with E-state index in [1.165, 1.54) is 25.7 Å². The first-order valence-corrected chi connectivity index (χ1v) is 6.77. The highest BCUT2D eigenvalue weighted by molar-refractivity contribution is 7.99. The molecular weight excluding hydrogens is 192 g/mol. The number of nitriles is 1. The predicted octanol–water partition coefficient (Wildman–Crippen LogP) is 2.55. The average Bonchev–Trinajstić information content (AvgIpc) is 2.26. The molecule has 1 rings (SSSR count). The Labute approximate surface area is 91.4 Å². The molecule has 1 N–H and O–H groups in total. The van der Waals surface area contributed by atoms with Crippen molar-refractivity contribution in [2.24, 2.45) is 0 Å². The molecule has 1 aliphatic carbocycles. The molecule has 0 saturated heterocycles. The van der Waals surface area contributed by atoms with Crippen LogP contribution in [-0.4, -0.2) is 23.6 Å². The number of hydrogen-bond acceptors (Lipinski definition) is 3. The molecule has 80 valence electrons. The standard InChI is InChI=1S/C11H20N2S/c1-3-9(8-12)13-10-4-6-11(14-2)7-5-10/h9-11,13H,3-7H2,1-2H3. The van der Waals surface area contributed by atoms with Gasteiger partial charge in [0.25, 0.3) is 0 Å². The zero-order valence-corrected chi connectivity index (χ0v) is 9.94. The largest absolute Gasteiger partial charge is 0.299 e. The minimum Gasteiger partial charge on any atom is -0.299 e. The van der Waals surface area contributed by atoms with Crippen molar-refractivity contribution >= 4 is 11.8 Å². The minimum absolute atomic E-state index is 0.0610. The van der Waals surface area contributed by atoms with Gasteiger partial charge < -0.3 is 0 Å². The second kappa shape index (κ2) is 6.31. The summed E-state index contributed by atoms with van der Waals surface area (Å²) < 4.78 is 0. The van der Waals surface area contributed by atoms with E-state index < -0.39 is 0 Å². The number of rotatable bonds is 4. The Morgan fingerprint density at radius 1 is 1.43 bits per heavy atom. The van der Waals surface area contributed by atoms with E-state index >= 15 is 0 Å². The lowest BCUT2D eigenvalue weighted by Crippen LogP contribution is -2.39. The average molecular weight is 212 g/mol. The third kappa shape index (κ3) is 3.51. The van der Waals surface area contributed by atoms with Crippen LogP contribution in [-0.2, 0) is 0 Å². The molecule has 14 heavy (non-hydrogen) atoms. The Balaban J connectivity index is 2.25. The Morgan fingerprint density at radius 2 is 2.07 bits per heavy atom. The summed E-state index contributed by atoms with van der Waals surface area (Å²) in [6.07, 6.45) is 8.20. The molecule has 0 aliphatic heterocycles. The molecule has 1 saturated carbocycles. The van der Waals surface area contributed by atoms with Crippen LogP contribution in [0, 0.1) is 11.3 Å². The van der Waals surface area contributed by atoms with Crippen LogP contribution in [0.2, 0.25) is 0 Å². The lowest BCUT2D eigenvalue weighted by Gasteiger charge is -2.29. The first-order valence-electron chi connectivity index (χ1n) is 5.48. The third-order valence-electron chi connectivity index (χ3n) is 3.01. The zero-order valence-electron chi connectivity index (χ0n) is 9.12. The number of hydrogen-bond donors (Lipinski definition) is 1. The van der Waals surface area contributed by atoms with Gasteiger partial charge in [0, 0.05) is 11.3 Å². The molecule has 0 heterocycles. The Morgan fingerprint density at radius 3 is 2.50 bits per heavy atom. The van der Waals surface area contributed by atoms with Crippen LogP contribution < -0.4 is 5.32 Å². The van der Waals surface area contributed by atoms with Gasteiger partial charge in [-0.05, 0) is 38.4 Å². The van der Waals surface area contributed by atoms with Gasteiger partial charge >= 0.3 is 0 Å². The zero-order chi connectivity index (χ0) is 10.4. The fourth-order valence-electron chi connectivity index (χ4n) is 2.00.